The molecule has 1 saturated heterocycles. The highest BCUT2D eigenvalue weighted by atomic mass is 127. The van der Waals surface area contributed by atoms with Crippen molar-refractivity contribution in [1.82, 2.24) is 10.2 Å². The Kier molecular flexibility index (Phi) is 6.30. The van der Waals surface area contributed by atoms with Crippen LogP contribution in [0.2, 0.25) is 0 Å². The number of piperazine rings is 1. The summed E-state index contributed by atoms with van der Waals surface area (Å²) in [6.45, 7) is 4.98. The monoisotopic (exact) mass is 502 g/mol. The van der Waals surface area contributed by atoms with E-state index in [0.29, 0.717) is 10.2 Å². The number of benzene rings is 1. The molecule has 7 heteroatoms. The van der Waals surface area contributed by atoms with E-state index in [-0.39, 0.29) is 11.3 Å². The Morgan fingerprint density at radius 3 is 2.75 bits per heavy atom. The predicted octanol–water partition coefficient (Wildman–Crippen LogP) is 1.66. The SMILES string of the molecule is O=C(OCCN1CCNCC1)c1cc(I)cc(I)c1O. The van der Waals surface area contributed by atoms with Gasteiger partial charge < -0.3 is 15.2 Å². The van der Waals surface area contributed by atoms with Crippen LogP contribution in [0.15, 0.2) is 12.1 Å². The highest BCUT2D eigenvalue weighted by Crippen LogP contribution is 2.27. The summed E-state index contributed by atoms with van der Waals surface area (Å²) in [5.41, 5.74) is 0.238. The maximum Gasteiger partial charge on any atom is 0.342 e. The average Bonchev–Trinajstić information content (AvgIpc) is 2.44. The molecule has 1 aliphatic heterocycles. The lowest BCUT2D eigenvalue weighted by Gasteiger charge is -2.26. The maximum absolute atomic E-state index is 12.0. The van der Waals surface area contributed by atoms with Crippen LogP contribution in [0.3, 0.4) is 0 Å². The van der Waals surface area contributed by atoms with Gasteiger partial charge >= 0.3 is 5.97 Å². The van der Waals surface area contributed by atoms with E-state index in [1.165, 1.54) is 0 Å². The Balaban J connectivity index is 1.88. The summed E-state index contributed by atoms with van der Waals surface area (Å²) in [6, 6.07) is 3.46. The number of halogens is 2. The van der Waals surface area contributed by atoms with Crippen molar-refractivity contribution < 1.29 is 14.6 Å². The fraction of sp³-hybridized carbons (Fsp3) is 0.462. The van der Waals surface area contributed by atoms with Crippen LogP contribution >= 0.6 is 45.2 Å². The molecule has 0 aromatic heterocycles. The minimum Gasteiger partial charge on any atom is -0.506 e. The molecule has 0 amide bonds. The second-order valence-corrected chi connectivity index (χ2v) is 6.92. The molecule has 0 bridgehead atoms. The van der Waals surface area contributed by atoms with Crippen LogP contribution in [0.5, 0.6) is 5.75 Å². The van der Waals surface area contributed by atoms with Crippen LogP contribution in [0.1, 0.15) is 10.4 Å². The number of hydrogen-bond acceptors (Lipinski definition) is 5. The smallest absolute Gasteiger partial charge is 0.342 e. The van der Waals surface area contributed by atoms with Crippen molar-refractivity contribution in [3.63, 3.8) is 0 Å². The fourth-order valence-corrected chi connectivity index (χ4v) is 3.85. The number of nitrogens with zero attached hydrogens (tertiary/aromatic N) is 1. The molecule has 20 heavy (non-hydrogen) atoms. The molecular formula is C13H16I2N2O3. The summed E-state index contributed by atoms with van der Waals surface area (Å²) in [6.07, 6.45) is 0. The summed E-state index contributed by atoms with van der Waals surface area (Å²) in [7, 11) is 0. The van der Waals surface area contributed by atoms with E-state index in [4.69, 9.17) is 4.74 Å². The minimum absolute atomic E-state index is 0.00168. The summed E-state index contributed by atoms with van der Waals surface area (Å²) >= 11 is 4.12. The van der Waals surface area contributed by atoms with Crippen LogP contribution in [-0.4, -0.2) is 55.3 Å². The molecule has 1 aliphatic rings. The molecule has 0 radical (unpaired) electrons. The first-order chi connectivity index (χ1) is 9.58. The second kappa shape index (κ2) is 7.76. The molecule has 0 saturated carbocycles. The number of hydrogen-bond donors (Lipinski definition) is 2. The molecule has 0 unspecified atom stereocenters. The molecule has 0 atom stereocenters. The first-order valence-electron chi connectivity index (χ1n) is 6.36. The van der Waals surface area contributed by atoms with Crippen molar-refractivity contribution in [2.24, 2.45) is 0 Å². The zero-order valence-electron chi connectivity index (χ0n) is 10.9. The number of carbonyl (C=O) groups is 1. The molecule has 0 spiro atoms. The molecule has 110 valence electrons. The van der Waals surface area contributed by atoms with Gasteiger partial charge in [-0.1, -0.05) is 0 Å². The van der Waals surface area contributed by atoms with Crippen molar-refractivity contribution in [2.45, 2.75) is 0 Å². The van der Waals surface area contributed by atoms with Gasteiger partial charge in [0.25, 0.3) is 0 Å². The molecule has 5 nitrogen and oxygen atoms in total. The van der Waals surface area contributed by atoms with E-state index < -0.39 is 5.97 Å². The Morgan fingerprint density at radius 2 is 2.05 bits per heavy atom. The van der Waals surface area contributed by atoms with Crippen molar-refractivity contribution >= 4 is 51.2 Å². The Bertz CT molecular complexity index is 491. The summed E-state index contributed by atoms with van der Waals surface area (Å²) in [5.74, 6) is -0.466. The van der Waals surface area contributed by atoms with Gasteiger partial charge in [0.2, 0.25) is 0 Å². The van der Waals surface area contributed by atoms with Crippen molar-refractivity contribution in [1.29, 1.82) is 0 Å². The first kappa shape index (κ1) is 16.2. The average molecular weight is 502 g/mol. The lowest BCUT2D eigenvalue weighted by Crippen LogP contribution is -2.44. The summed E-state index contributed by atoms with van der Waals surface area (Å²) < 4.78 is 6.81. The lowest BCUT2D eigenvalue weighted by atomic mass is 10.2. The number of nitrogens with one attached hydrogen (secondary N) is 1. The number of esters is 1. The summed E-state index contributed by atoms with van der Waals surface area (Å²) in [5, 5.41) is 13.2. The van der Waals surface area contributed by atoms with Gasteiger partial charge in [-0.25, -0.2) is 4.79 Å². The minimum atomic E-state index is -0.464. The van der Waals surface area contributed by atoms with Gasteiger partial charge in [-0.15, -0.1) is 0 Å². The van der Waals surface area contributed by atoms with E-state index in [9.17, 15) is 9.90 Å². The Hall–Kier alpha value is -0.130. The van der Waals surface area contributed by atoms with Crippen molar-refractivity contribution in [3.8, 4) is 5.75 Å². The fourth-order valence-electron chi connectivity index (χ4n) is 2.00. The Labute approximate surface area is 145 Å². The van der Waals surface area contributed by atoms with E-state index in [1.54, 1.807) is 6.07 Å². The van der Waals surface area contributed by atoms with Gasteiger partial charge in [0.15, 0.2) is 0 Å². The molecule has 2 rings (SSSR count). The standard InChI is InChI=1S/C13H16I2N2O3/c14-9-7-10(12(18)11(15)8-9)13(19)20-6-5-17-3-1-16-2-4-17/h7-8,16,18H,1-6H2. The van der Waals surface area contributed by atoms with Gasteiger partial charge in [-0.2, -0.15) is 0 Å². The van der Waals surface area contributed by atoms with Gasteiger partial charge in [-0.3, -0.25) is 4.90 Å². The molecule has 1 fully saturated rings. The Morgan fingerprint density at radius 1 is 1.35 bits per heavy atom. The van der Waals surface area contributed by atoms with Crippen LogP contribution in [0.25, 0.3) is 0 Å². The third-order valence-electron chi connectivity index (χ3n) is 3.10. The van der Waals surface area contributed by atoms with Gasteiger partial charge in [0.05, 0.1) is 3.57 Å². The molecule has 2 N–H and O–H groups in total. The molecule has 1 aromatic carbocycles. The number of phenolic OH excluding ortho intramolecular Hbond substituents is 1. The second-order valence-electron chi connectivity index (χ2n) is 4.51. The summed E-state index contributed by atoms with van der Waals surface area (Å²) in [4.78, 5) is 14.2. The maximum atomic E-state index is 12.0. The third kappa shape index (κ3) is 4.43. The van der Waals surface area contributed by atoms with Crippen molar-refractivity contribution in [3.05, 3.63) is 24.8 Å². The molecule has 1 aromatic rings. The number of ether oxygens (including phenoxy) is 1. The molecular weight excluding hydrogens is 486 g/mol. The number of phenols is 1. The van der Waals surface area contributed by atoms with Crippen LogP contribution < -0.4 is 5.32 Å². The normalized spacial score (nSPS) is 16.1. The van der Waals surface area contributed by atoms with E-state index in [2.05, 4.69) is 32.8 Å². The topological polar surface area (TPSA) is 61.8 Å². The number of rotatable bonds is 4. The molecule has 1 heterocycles. The third-order valence-corrected chi connectivity index (χ3v) is 4.54. The quantitative estimate of drug-likeness (QED) is 0.485. The predicted molar refractivity (Wildman–Crippen MR) is 93.1 cm³/mol. The van der Waals surface area contributed by atoms with E-state index >= 15 is 0 Å². The van der Waals surface area contributed by atoms with Gasteiger partial charge in [0, 0.05) is 36.3 Å². The van der Waals surface area contributed by atoms with Gasteiger partial charge in [0.1, 0.15) is 17.9 Å². The molecule has 0 aliphatic carbocycles. The van der Waals surface area contributed by atoms with Crippen LogP contribution in [-0.2, 0) is 4.74 Å². The zero-order chi connectivity index (χ0) is 14.5. The van der Waals surface area contributed by atoms with Crippen molar-refractivity contribution in [2.75, 3.05) is 39.3 Å². The van der Waals surface area contributed by atoms with Gasteiger partial charge in [-0.05, 0) is 57.3 Å². The number of aromatic hydroxyl groups is 1. The lowest BCUT2D eigenvalue weighted by molar-refractivity contribution is 0.0452. The zero-order valence-corrected chi connectivity index (χ0v) is 15.2. The first-order valence-corrected chi connectivity index (χ1v) is 8.52. The van der Waals surface area contributed by atoms with Crippen LogP contribution in [0.4, 0.5) is 0 Å². The highest BCUT2D eigenvalue weighted by Gasteiger charge is 2.17. The largest absolute Gasteiger partial charge is 0.506 e. The van der Waals surface area contributed by atoms with Crippen LogP contribution in [0, 0.1) is 7.14 Å². The highest BCUT2D eigenvalue weighted by molar-refractivity contribution is 14.1. The number of carbonyl (C=O) groups excluding carboxylic acids is 1. The van der Waals surface area contributed by atoms with E-state index in [0.717, 1.165) is 36.3 Å². The van der Waals surface area contributed by atoms with E-state index in [1.807, 2.05) is 28.7 Å².